The lowest BCUT2D eigenvalue weighted by Crippen LogP contribution is -2.46. The second-order valence-electron chi connectivity index (χ2n) is 5.06. The molecule has 1 aromatic rings. The molecule has 0 aliphatic heterocycles. The van der Waals surface area contributed by atoms with E-state index in [2.05, 4.69) is 57.0 Å². The molecular weight excluding hydrogens is 218 g/mol. The van der Waals surface area contributed by atoms with Crippen LogP contribution in [-0.2, 0) is 6.54 Å². The van der Waals surface area contributed by atoms with Gasteiger partial charge >= 0.3 is 0 Å². The fourth-order valence-electron chi connectivity index (χ4n) is 1.25. The molecule has 0 aliphatic rings. The monoisotopic (exact) mass is 241 g/mol. The molecule has 0 spiro atoms. The Morgan fingerprint density at radius 2 is 1.94 bits per heavy atom. The van der Waals surface area contributed by atoms with Gasteiger partial charge in [-0.25, -0.2) is 4.98 Å². The Bertz CT molecular complexity index is 323. The summed E-state index contributed by atoms with van der Waals surface area (Å²) in [7, 11) is 4.22. The third kappa shape index (κ3) is 3.54. The van der Waals surface area contributed by atoms with Gasteiger partial charge in [-0.2, -0.15) is 0 Å². The number of rotatable bonds is 5. The maximum Gasteiger partial charge on any atom is 0.107 e. The molecule has 0 fully saturated rings. The van der Waals surface area contributed by atoms with Crippen LogP contribution in [0.3, 0.4) is 0 Å². The van der Waals surface area contributed by atoms with E-state index in [0.29, 0.717) is 0 Å². The molecule has 0 atom stereocenters. The predicted molar refractivity (Wildman–Crippen MR) is 71.1 cm³/mol. The van der Waals surface area contributed by atoms with Crippen molar-refractivity contribution in [2.24, 2.45) is 0 Å². The highest BCUT2D eigenvalue weighted by Gasteiger charge is 2.19. The average molecular weight is 241 g/mol. The van der Waals surface area contributed by atoms with Gasteiger partial charge < -0.3 is 10.2 Å². The molecule has 3 nitrogen and oxygen atoms in total. The van der Waals surface area contributed by atoms with Crippen molar-refractivity contribution in [1.82, 2.24) is 15.2 Å². The lowest BCUT2D eigenvalue weighted by molar-refractivity contribution is 0.189. The number of likely N-dealkylation sites (N-methyl/N-ethyl adjacent to an activating group) is 1. The Morgan fingerprint density at radius 3 is 2.38 bits per heavy atom. The Morgan fingerprint density at radius 1 is 1.31 bits per heavy atom. The summed E-state index contributed by atoms with van der Waals surface area (Å²) in [6.07, 6.45) is 0. The quantitative estimate of drug-likeness (QED) is 0.856. The summed E-state index contributed by atoms with van der Waals surface area (Å²) in [6, 6.07) is 0. The number of aryl methyl sites for hydroxylation is 2. The number of nitrogens with zero attached hydrogens (tertiary/aromatic N) is 2. The van der Waals surface area contributed by atoms with Crippen molar-refractivity contribution in [3.05, 3.63) is 15.6 Å². The largest absolute Gasteiger partial charge is 0.309 e. The molecule has 0 aliphatic carbocycles. The van der Waals surface area contributed by atoms with Crippen LogP contribution in [0, 0.1) is 13.8 Å². The zero-order valence-corrected chi connectivity index (χ0v) is 12.0. The number of hydrogen-bond donors (Lipinski definition) is 1. The number of nitrogens with one attached hydrogen (secondary N) is 1. The Hall–Kier alpha value is -0.450. The van der Waals surface area contributed by atoms with Crippen molar-refractivity contribution in [3.8, 4) is 0 Å². The van der Waals surface area contributed by atoms with Crippen molar-refractivity contribution in [1.29, 1.82) is 0 Å². The van der Waals surface area contributed by atoms with Crippen LogP contribution in [0.1, 0.15) is 29.4 Å². The normalized spacial score (nSPS) is 12.4. The van der Waals surface area contributed by atoms with Gasteiger partial charge in [0.1, 0.15) is 5.01 Å². The predicted octanol–water partition coefficient (Wildman–Crippen LogP) is 2.19. The summed E-state index contributed by atoms with van der Waals surface area (Å²) in [5.74, 6) is 0. The minimum atomic E-state index is 0.182. The molecule has 92 valence electrons. The van der Waals surface area contributed by atoms with Crippen LogP contribution in [0.5, 0.6) is 0 Å². The minimum absolute atomic E-state index is 0.182. The first-order valence-corrected chi connectivity index (χ1v) is 6.45. The van der Waals surface area contributed by atoms with Crippen LogP contribution in [0.2, 0.25) is 0 Å². The van der Waals surface area contributed by atoms with E-state index in [-0.39, 0.29) is 5.54 Å². The van der Waals surface area contributed by atoms with E-state index in [4.69, 9.17) is 0 Å². The van der Waals surface area contributed by atoms with Crippen LogP contribution >= 0.6 is 11.3 Å². The van der Waals surface area contributed by atoms with E-state index in [1.165, 1.54) is 9.88 Å². The van der Waals surface area contributed by atoms with E-state index < -0.39 is 0 Å². The minimum Gasteiger partial charge on any atom is -0.309 e. The first-order valence-electron chi connectivity index (χ1n) is 5.64. The smallest absolute Gasteiger partial charge is 0.107 e. The molecule has 1 heterocycles. The molecule has 0 saturated carbocycles. The van der Waals surface area contributed by atoms with Gasteiger partial charge in [-0.3, -0.25) is 0 Å². The zero-order valence-electron chi connectivity index (χ0n) is 11.2. The van der Waals surface area contributed by atoms with Gasteiger partial charge in [-0.15, -0.1) is 11.3 Å². The van der Waals surface area contributed by atoms with Crippen LogP contribution < -0.4 is 5.32 Å². The van der Waals surface area contributed by atoms with Crippen LogP contribution in [-0.4, -0.2) is 36.1 Å². The SMILES string of the molecule is Cc1nc(CNCC(C)(C)N(C)C)sc1C. The van der Waals surface area contributed by atoms with Gasteiger partial charge in [0.15, 0.2) is 0 Å². The summed E-state index contributed by atoms with van der Waals surface area (Å²) in [4.78, 5) is 8.07. The molecule has 0 amide bonds. The van der Waals surface area contributed by atoms with E-state index in [1.807, 2.05) is 0 Å². The van der Waals surface area contributed by atoms with Gasteiger partial charge in [-0.05, 0) is 41.8 Å². The third-order valence-corrected chi connectivity index (χ3v) is 4.19. The van der Waals surface area contributed by atoms with Crippen LogP contribution in [0.25, 0.3) is 0 Å². The topological polar surface area (TPSA) is 28.2 Å². The van der Waals surface area contributed by atoms with Gasteiger partial charge in [0, 0.05) is 23.5 Å². The molecule has 0 aromatic carbocycles. The van der Waals surface area contributed by atoms with Gasteiger partial charge in [0.25, 0.3) is 0 Å². The van der Waals surface area contributed by atoms with Gasteiger partial charge in [0.2, 0.25) is 0 Å². The molecule has 1 N–H and O–H groups in total. The number of hydrogen-bond acceptors (Lipinski definition) is 4. The lowest BCUT2D eigenvalue weighted by Gasteiger charge is -2.32. The summed E-state index contributed by atoms with van der Waals surface area (Å²) < 4.78 is 0. The van der Waals surface area contributed by atoms with E-state index in [1.54, 1.807) is 11.3 Å². The molecule has 16 heavy (non-hydrogen) atoms. The van der Waals surface area contributed by atoms with Crippen LogP contribution in [0.15, 0.2) is 0 Å². The third-order valence-electron chi connectivity index (χ3n) is 3.12. The van der Waals surface area contributed by atoms with Gasteiger partial charge in [-0.1, -0.05) is 0 Å². The first-order chi connectivity index (χ1) is 7.33. The molecule has 1 aromatic heterocycles. The highest BCUT2D eigenvalue weighted by atomic mass is 32.1. The Labute approximate surface area is 103 Å². The number of aromatic nitrogens is 1. The number of thiazole rings is 1. The lowest BCUT2D eigenvalue weighted by atomic mass is 10.0. The Kier molecular flexibility index (Phi) is 4.47. The summed E-state index contributed by atoms with van der Waals surface area (Å²) in [5.41, 5.74) is 1.34. The fourth-order valence-corrected chi connectivity index (χ4v) is 2.15. The van der Waals surface area contributed by atoms with Crippen molar-refractivity contribution < 1.29 is 0 Å². The maximum atomic E-state index is 4.52. The molecule has 0 saturated heterocycles. The molecule has 0 radical (unpaired) electrons. The van der Waals surface area contributed by atoms with E-state index >= 15 is 0 Å². The van der Waals surface area contributed by atoms with Gasteiger partial charge in [0.05, 0.1) is 5.69 Å². The molecular formula is C12H23N3S. The molecule has 4 heteroatoms. The van der Waals surface area contributed by atoms with E-state index in [0.717, 1.165) is 18.8 Å². The van der Waals surface area contributed by atoms with Crippen molar-refractivity contribution in [3.63, 3.8) is 0 Å². The van der Waals surface area contributed by atoms with Crippen molar-refractivity contribution >= 4 is 11.3 Å². The standard InChI is InChI=1S/C12H23N3S/c1-9-10(2)16-11(14-9)7-13-8-12(3,4)15(5)6/h13H,7-8H2,1-6H3. The fraction of sp³-hybridized carbons (Fsp3) is 0.750. The summed E-state index contributed by atoms with van der Waals surface area (Å²) in [6.45, 7) is 10.5. The second kappa shape index (κ2) is 5.25. The maximum absolute atomic E-state index is 4.52. The van der Waals surface area contributed by atoms with E-state index in [9.17, 15) is 0 Å². The zero-order chi connectivity index (χ0) is 12.3. The summed E-state index contributed by atoms with van der Waals surface area (Å²) in [5, 5.41) is 4.65. The molecule has 0 unspecified atom stereocenters. The van der Waals surface area contributed by atoms with Crippen molar-refractivity contribution in [2.45, 2.75) is 39.8 Å². The van der Waals surface area contributed by atoms with Crippen LogP contribution in [0.4, 0.5) is 0 Å². The second-order valence-corrected chi connectivity index (χ2v) is 6.35. The first kappa shape index (κ1) is 13.6. The molecule has 1 rings (SSSR count). The highest BCUT2D eigenvalue weighted by Crippen LogP contribution is 2.16. The van der Waals surface area contributed by atoms with Crippen molar-refractivity contribution in [2.75, 3.05) is 20.6 Å². The molecule has 0 bridgehead atoms. The highest BCUT2D eigenvalue weighted by molar-refractivity contribution is 7.11. The Balaban J connectivity index is 2.41. The summed E-state index contributed by atoms with van der Waals surface area (Å²) >= 11 is 1.79. The average Bonchev–Trinajstić information content (AvgIpc) is 2.45.